The number of anilines is 2. The number of fused-ring (bicyclic) bond motifs is 1. The van der Waals surface area contributed by atoms with Gasteiger partial charge in [0, 0.05) is 11.8 Å². The Kier molecular flexibility index (Phi) is 5.73. The van der Waals surface area contributed by atoms with Gasteiger partial charge >= 0.3 is 5.97 Å². The molecule has 4 rings (SSSR count). The van der Waals surface area contributed by atoms with Gasteiger partial charge in [0.25, 0.3) is 0 Å². The van der Waals surface area contributed by atoms with Crippen LogP contribution < -0.4 is 10.1 Å². The van der Waals surface area contributed by atoms with E-state index in [1.807, 2.05) is 30.3 Å². The quantitative estimate of drug-likeness (QED) is 0.419. The van der Waals surface area contributed by atoms with E-state index in [4.69, 9.17) is 21.1 Å². The van der Waals surface area contributed by atoms with Crippen LogP contribution >= 0.6 is 11.6 Å². The molecule has 0 aliphatic rings. The molecule has 2 heterocycles. The smallest absolute Gasteiger partial charge is 0.359 e. The van der Waals surface area contributed by atoms with Crippen LogP contribution in [0, 0.1) is 5.82 Å². The lowest BCUT2D eigenvalue weighted by Crippen LogP contribution is -2.08. The summed E-state index contributed by atoms with van der Waals surface area (Å²) in [5.74, 6) is -0.629. The number of imidazole rings is 1. The van der Waals surface area contributed by atoms with Crippen LogP contribution in [0.5, 0.6) is 5.75 Å². The van der Waals surface area contributed by atoms with Gasteiger partial charge in [-0.15, -0.1) is 0 Å². The number of hydrogen-bond donors (Lipinski definition) is 1. The molecule has 2 aromatic carbocycles. The van der Waals surface area contributed by atoms with Crippen molar-refractivity contribution in [2.75, 3.05) is 19.0 Å². The Morgan fingerprint density at radius 2 is 1.97 bits per heavy atom. The van der Waals surface area contributed by atoms with E-state index >= 15 is 0 Å². The first-order chi connectivity index (χ1) is 15.0. The number of methoxy groups -OCH3 is 1. The SMILES string of the molecule is CCOC(=O)c1ncn2c(Nc3c(F)ccc(OC)c3Cl)ncc(-c3ccccc3)c12. The summed E-state index contributed by atoms with van der Waals surface area (Å²) in [6.45, 7) is 1.93. The highest BCUT2D eigenvalue weighted by atomic mass is 35.5. The Balaban J connectivity index is 1.91. The highest BCUT2D eigenvalue weighted by Gasteiger charge is 2.22. The number of aromatic nitrogens is 3. The molecular weight excluding hydrogens is 423 g/mol. The highest BCUT2D eigenvalue weighted by molar-refractivity contribution is 6.34. The predicted octanol–water partition coefficient (Wildman–Crippen LogP) is 5.12. The van der Waals surface area contributed by atoms with Gasteiger partial charge in [-0.05, 0) is 24.6 Å². The summed E-state index contributed by atoms with van der Waals surface area (Å²) in [5, 5.41) is 2.96. The molecule has 0 aliphatic carbocycles. The summed E-state index contributed by atoms with van der Waals surface area (Å²) < 4.78 is 26.4. The molecule has 9 heteroatoms. The average molecular weight is 441 g/mol. The summed E-state index contributed by atoms with van der Waals surface area (Å²) in [7, 11) is 1.44. The van der Waals surface area contributed by atoms with Crippen molar-refractivity contribution in [2.24, 2.45) is 0 Å². The van der Waals surface area contributed by atoms with Gasteiger partial charge in [-0.1, -0.05) is 41.9 Å². The minimum atomic E-state index is -0.585. The lowest BCUT2D eigenvalue weighted by molar-refractivity contribution is 0.0522. The first-order valence-corrected chi connectivity index (χ1v) is 9.80. The number of esters is 1. The summed E-state index contributed by atoms with van der Waals surface area (Å²) in [6.07, 6.45) is 3.01. The Hall–Kier alpha value is -3.65. The lowest BCUT2D eigenvalue weighted by atomic mass is 10.1. The molecule has 1 N–H and O–H groups in total. The van der Waals surface area contributed by atoms with E-state index in [1.165, 1.54) is 25.6 Å². The molecule has 0 spiro atoms. The van der Waals surface area contributed by atoms with Crippen molar-refractivity contribution in [2.45, 2.75) is 6.92 Å². The number of carbonyl (C=O) groups is 1. The van der Waals surface area contributed by atoms with Crippen molar-refractivity contribution < 1.29 is 18.7 Å². The van der Waals surface area contributed by atoms with Crippen molar-refractivity contribution in [3.8, 4) is 16.9 Å². The average Bonchev–Trinajstić information content (AvgIpc) is 3.23. The number of nitrogens with one attached hydrogen (secondary N) is 1. The first-order valence-electron chi connectivity index (χ1n) is 9.42. The number of hydrogen-bond acceptors (Lipinski definition) is 6. The molecule has 7 nitrogen and oxygen atoms in total. The van der Waals surface area contributed by atoms with E-state index in [2.05, 4.69) is 15.3 Å². The maximum absolute atomic E-state index is 14.5. The minimum Gasteiger partial charge on any atom is -0.495 e. The second-order valence-electron chi connectivity index (χ2n) is 6.46. The molecular formula is C22H18ClFN4O3. The third-order valence-corrected chi connectivity index (χ3v) is 5.01. The number of nitrogens with zero attached hydrogens (tertiary/aromatic N) is 3. The molecule has 31 heavy (non-hydrogen) atoms. The predicted molar refractivity (Wildman–Crippen MR) is 116 cm³/mol. The Bertz CT molecular complexity index is 1260. The molecule has 0 aliphatic heterocycles. The normalized spacial score (nSPS) is 10.8. The molecule has 0 saturated heterocycles. The van der Waals surface area contributed by atoms with Gasteiger partial charge in [0.1, 0.15) is 22.9 Å². The summed E-state index contributed by atoms with van der Waals surface area (Å²) in [4.78, 5) is 21.2. The zero-order valence-corrected chi connectivity index (χ0v) is 17.5. The monoisotopic (exact) mass is 440 g/mol. The van der Waals surface area contributed by atoms with E-state index < -0.39 is 11.8 Å². The van der Waals surface area contributed by atoms with Crippen molar-refractivity contribution in [1.82, 2.24) is 14.4 Å². The number of ether oxygens (including phenoxy) is 2. The Morgan fingerprint density at radius 1 is 1.19 bits per heavy atom. The molecule has 2 aromatic heterocycles. The molecule has 0 unspecified atom stereocenters. The van der Waals surface area contributed by atoms with Gasteiger partial charge in [-0.3, -0.25) is 4.40 Å². The molecule has 0 fully saturated rings. The van der Waals surface area contributed by atoms with Crippen molar-refractivity contribution >= 4 is 34.7 Å². The molecule has 0 amide bonds. The Labute approximate surface area is 182 Å². The van der Waals surface area contributed by atoms with Gasteiger partial charge in [0.05, 0.1) is 24.9 Å². The second kappa shape index (κ2) is 8.61. The van der Waals surface area contributed by atoms with Crippen molar-refractivity contribution in [3.05, 3.63) is 71.5 Å². The van der Waals surface area contributed by atoms with Crippen LogP contribution in [0.4, 0.5) is 16.0 Å². The largest absolute Gasteiger partial charge is 0.495 e. The highest BCUT2D eigenvalue weighted by Crippen LogP contribution is 2.36. The van der Waals surface area contributed by atoms with Gasteiger partial charge in [0.15, 0.2) is 5.69 Å². The zero-order valence-electron chi connectivity index (χ0n) is 16.7. The van der Waals surface area contributed by atoms with E-state index in [0.29, 0.717) is 16.8 Å². The minimum absolute atomic E-state index is 0.00587. The second-order valence-corrected chi connectivity index (χ2v) is 6.84. The topological polar surface area (TPSA) is 77.8 Å². The van der Waals surface area contributed by atoms with Gasteiger partial charge < -0.3 is 14.8 Å². The van der Waals surface area contributed by atoms with E-state index in [-0.39, 0.29) is 29.0 Å². The standard InChI is InChI=1S/C22H18ClFN4O3/c1-3-31-21(29)19-20-14(13-7-5-4-6-8-13)11-25-22(28(20)12-26-19)27-18-15(24)9-10-16(30-2)17(18)23/h4-12H,3H2,1-2H3,(H,25,27). The number of rotatable bonds is 6. The van der Waals surface area contributed by atoms with Crippen LogP contribution in [-0.4, -0.2) is 34.1 Å². The summed E-state index contributed by atoms with van der Waals surface area (Å²) in [5.41, 5.74) is 2.10. The molecule has 0 atom stereocenters. The summed E-state index contributed by atoms with van der Waals surface area (Å²) in [6, 6.07) is 12.1. The van der Waals surface area contributed by atoms with Gasteiger partial charge in [0.2, 0.25) is 5.95 Å². The molecule has 158 valence electrons. The molecule has 0 bridgehead atoms. The van der Waals surface area contributed by atoms with Crippen LogP contribution in [-0.2, 0) is 4.74 Å². The molecule has 0 radical (unpaired) electrons. The van der Waals surface area contributed by atoms with E-state index in [0.717, 1.165) is 5.56 Å². The fraction of sp³-hybridized carbons (Fsp3) is 0.136. The van der Waals surface area contributed by atoms with Crippen LogP contribution in [0.3, 0.4) is 0 Å². The van der Waals surface area contributed by atoms with Crippen LogP contribution in [0.1, 0.15) is 17.4 Å². The van der Waals surface area contributed by atoms with E-state index in [1.54, 1.807) is 17.5 Å². The van der Waals surface area contributed by atoms with Crippen LogP contribution in [0.2, 0.25) is 5.02 Å². The Morgan fingerprint density at radius 3 is 2.68 bits per heavy atom. The maximum Gasteiger partial charge on any atom is 0.359 e. The van der Waals surface area contributed by atoms with Gasteiger partial charge in [-0.25, -0.2) is 19.2 Å². The van der Waals surface area contributed by atoms with Crippen molar-refractivity contribution in [3.63, 3.8) is 0 Å². The number of benzene rings is 2. The lowest BCUT2D eigenvalue weighted by Gasteiger charge is -2.14. The van der Waals surface area contributed by atoms with Crippen molar-refractivity contribution in [1.29, 1.82) is 0 Å². The van der Waals surface area contributed by atoms with Crippen LogP contribution in [0.15, 0.2) is 55.0 Å². The number of carbonyl (C=O) groups excluding carboxylic acids is 1. The first kappa shape index (κ1) is 20.6. The zero-order chi connectivity index (χ0) is 22.0. The summed E-state index contributed by atoms with van der Waals surface area (Å²) >= 11 is 6.29. The third-order valence-electron chi connectivity index (χ3n) is 4.63. The fourth-order valence-electron chi connectivity index (χ4n) is 3.20. The van der Waals surface area contributed by atoms with Gasteiger partial charge in [-0.2, -0.15) is 0 Å². The van der Waals surface area contributed by atoms with Crippen LogP contribution in [0.25, 0.3) is 16.6 Å². The number of halogens is 2. The van der Waals surface area contributed by atoms with E-state index in [9.17, 15) is 9.18 Å². The molecule has 4 aromatic rings. The molecule has 0 saturated carbocycles. The fourth-order valence-corrected chi connectivity index (χ4v) is 3.48. The maximum atomic E-state index is 14.5. The third kappa shape index (κ3) is 3.77.